The van der Waals surface area contributed by atoms with E-state index in [1.165, 1.54) is 36.9 Å². The lowest BCUT2D eigenvalue weighted by Gasteiger charge is -2.30. The van der Waals surface area contributed by atoms with Gasteiger partial charge in [0.05, 0.1) is 16.8 Å². The standard InChI is InChI=1S/C20H19F4N3OS/c1-11-13(4-3-5-14(11)20(22,23)24)17(28)26-16-10-12(6-7-15(16)21)19(2)8-9-29-18(25)27-19/h3-7,10H,8-9H2,1-2H3,(H2,25,27)(H,26,28). The van der Waals surface area contributed by atoms with Gasteiger partial charge in [0.2, 0.25) is 0 Å². The normalized spacial score (nSPS) is 19.6. The molecule has 0 radical (unpaired) electrons. The highest BCUT2D eigenvalue weighted by Gasteiger charge is 2.34. The summed E-state index contributed by atoms with van der Waals surface area (Å²) in [6.07, 6.45) is -3.92. The number of hydrogen-bond donors (Lipinski definition) is 2. The lowest BCUT2D eigenvalue weighted by molar-refractivity contribution is -0.138. The highest BCUT2D eigenvalue weighted by Crippen LogP contribution is 2.37. The molecule has 1 heterocycles. The lowest BCUT2D eigenvalue weighted by Crippen LogP contribution is -2.29. The topological polar surface area (TPSA) is 67.5 Å². The van der Waals surface area contributed by atoms with E-state index in [9.17, 15) is 22.4 Å². The van der Waals surface area contributed by atoms with E-state index in [0.717, 1.165) is 17.9 Å². The van der Waals surface area contributed by atoms with Crippen LogP contribution in [-0.4, -0.2) is 16.8 Å². The number of carbonyl (C=O) groups excluding carboxylic acids is 1. The Kier molecular flexibility index (Phi) is 5.62. The van der Waals surface area contributed by atoms with Crippen LogP contribution in [0.15, 0.2) is 41.4 Å². The molecule has 29 heavy (non-hydrogen) atoms. The number of alkyl halides is 3. The molecule has 0 saturated carbocycles. The second kappa shape index (κ2) is 7.70. The minimum atomic E-state index is -4.59. The summed E-state index contributed by atoms with van der Waals surface area (Å²) in [4.78, 5) is 17.0. The molecule has 1 aliphatic heterocycles. The maximum atomic E-state index is 14.3. The van der Waals surface area contributed by atoms with Crippen LogP contribution in [0.25, 0.3) is 0 Å². The zero-order valence-corrected chi connectivity index (χ0v) is 16.5. The summed E-state index contributed by atoms with van der Waals surface area (Å²) in [5, 5.41) is 2.81. The van der Waals surface area contributed by atoms with Crippen LogP contribution in [0.2, 0.25) is 0 Å². The number of carbonyl (C=O) groups is 1. The van der Waals surface area contributed by atoms with Crippen LogP contribution in [0.1, 0.15) is 40.4 Å². The van der Waals surface area contributed by atoms with Gasteiger partial charge in [-0.05, 0) is 55.7 Å². The number of nitrogens with two attached hydrogens (primary N) is 1. The number of nitrogens with zero attached hydrogens (tertiary/aromatic N) is 1. The van der Waals surface area contributed by atoms with Crippen LogP contribution < -0.4 is 11.1 Å². The van der Waals surface area contributed by atoms with Crippen molar-refractivity contribution >= 4 is 28.5 Å². The van der Waals surface area contributed by atoms with Crippen LogP contribution in [0, 0.1) is 12.7 Å². The quantitative estimate of drug-likeness (QED) is 0.675. The molecule has 0 saturated heterocycles. The summed E-state index contributed by atoms with van der Waals surface area (Å²) in [5.74, 6) is -0.775. The van der Waals surface area contributed by atoms with Crippen molar-refractivity contribution in [2.45, 2.75) is 32.0 Å². The fraction of sp³-hybridized carbons (Fsp3) is 0.300. The van der Waals surface area contributed by atoms with E-state index >= 15 is 0 Å². The molecule has 0 fully saturated rings. The van der Waals surface area contributed by atoms with Gasteiger partial charge >= 0.3 is 6.18 Å². The number of benzene rings is 2. The first-order valence-electron chi connectivity index (χ1n) is 8.77. The van der Waals surface area contributed by atoms with Crippen LogP contribution in [0.3, 0.4) is 0 Å². The minimum absolute atomic E-state index is 0.127. The van der Waals surface area contributed by atoms with Crippen molar-refractivity contribution in [3.63, 3.8) is 0 Å². The second-order valence-electron chi connectivity index (χ2n) is 6.95. The third kappa shape index (κ3) is 4.39. The molecular weight excluding hydrogens is 406 g/mol. The molecule has 9 heteroatoms. The van der Waals surface area contributed by atoms with Crippen LogP contribution >= 0.6 is 11.8 Å². The monoisotopic (exact) mass is 425 g/mol. The van der Waals surface area contributed by atoms with Crippen molar-refractivity contribution < 1.29 is 22.4 Å². The maximum Gasteiger partial charge on any atom is 0.416 e. The number of rotatable bonds is 3. The zero-order chi connectivity index (χ0) is 21.4. The van der Waals surface area contributed by atoms with Gasteiger partial charge < -0.3 is 11.1 Å². The molecule has 4 nitrogen and oxygen atoms in total. The van der Waals surface area contributed by atoms with Gasteiger partial charge in [-0.2, -0.15) is 13.2 Å². The van der Waals surface area contributed by atoms with E-state index in [1.807, 2.05) is 6.92 Å². The van der Waals surface area contributed by atoms with E-state index in [0.29, 0.717) is 17.2 Å². The fourth-order valence-electron chi connectivity index (χ4n) is 3.23. The van der Waals surface area contributed by atoms with Gasteiger partial charge in [-0.15, -0.1) is 0 Å². The van der Waals surface area contributed by atoms with E-state index in [4.69, 9.17) is 5.73 Å². The summed E-state index contributed by atoms with van der Waals surface area (Å²) in [6.45, 7) is 3.07. The highest BCUT2D eigenvalue weighted by molar-refractivity contribution is 8.13. The van der Waals surface area contributed by atoms with Crippen LogP contribution in [-0.2, 0) is 11.7 Å². The molecule has 154 valence electrons. The Morgan fingerprint density at radius 2 is 2.00 bits per heavy atom. The molecule has 0 bridgehead atoms. The highest BCUT2D eigenvalue weighted by atomic mass is 32.2. The van der Waals surface area contributed by atoms with Crippen molar-refractivity contribution in [3.05, 3.63) is 64.5 Å². The molecule has 2 aromatic carbocycles. The van der Waals surface area contributed by atoms with Crippen LogP contribution in [0.4, 0.5) is 23.2 Å². The average Bonchev–Trinajstić information content (AvgIpc) is 2.62. The first-order chi connectivity index (χ1) is 13.5. The Morgan fingerprint density at radius 1 is 1.28 bits per heavy atom. The molecule has 0 spiro atoms. The van der Waals surface area contributed by atoms with Gasteiger partial charge in [0.25, 0.3) is 5.91 Å². The number of halogens is 4. The molecule has 3 N–H and O–H groups in total. The largest absolute Gasteiger partial charge is 0.416 e. The molecule has 1 amide bonds. The van der Waals surface area contributed by atoms with E-state index in [2.05, 4.69) is 10.3 Å². The second-order valence-corrected chi connectivity index (χ2v) is 8.06. The first-order valence-corrected chi connectivity index (χ1v) is 9.76. The number of hydrogen-bond acceptors (Lipinski definition) is 4. The Hall–Kier alpha value is -2.55. The van der Waals surface area contributed by atoms with Crippen LogP contribution in [0.5, 0.6) is 0 Å². The lowest BCUT2D eigenvalue weighted by atomic mass is 9.89. The molecule has 3 rings (SSSR count). The van der Waals surface area contributed by atoms with E-state index in [-0.39, 0.29) is 16.8 Å². The van der Waals surface area contributed by atoms with Gasteiger partial charge in [0.1, 0.15) is 5.82 Å². The molecule has 1 unspecified atom stereocenters. The minimum Gasteiger partial charge on any atom is -0.379 e. The number of amidine groups is 1. The number of amides is 1. The number of nitrogens with one attached hydrogen (secondary N) is 1. The third-order valence-corrected chi connectivity index (χ3v) is 5.71. The molecular formula is C20H19F4N3OS. The summed E-state index contributed by atoms with van der Waals surface area (Å²) in [5.41, 5.74) is 4.37. The van der Waals surface area contributed by atoms with Crippen molar-refractivity contribution in [2.24, 2.45) is 10.7 Å². The zero-order valence-electron chi connectivity index (χ0n) is 15.7. The predicted octanol–water partition coefficient (Wildman–Crippen LogP) is 5.07. The van der Waals surface area contributed by atoms with Gasteiger partial charge in [-0.1, -0.05) is 23.9 Å². The predicted molar refractivity (Wildman–Crippen MR) is 107 cm³/mol. The van der Waals surface area contributed by atoms with Gasteiger partial charge in [-0.3, -0.25) is 9.79 Å². The molecule has 0 aliphatic carbocycles. The van der Waals surface area contributed by atoms with Crippen molar-refractivity contribution in [1.82, 2.24) is 0 Å². The Bertz CT molecular complexity index is 990. The van der Waals surface area contributed by atoms with Crippen molar-refractivity contribution in [2.75, 3.05) is 11.1 Å². The smallest absolute Gasteiger partial charge is 0.379 e. The summed E-state index contributed by atoms with van der Waals surface area (Å²) in [7, 11) is 0. The Balaban J connectivity index is 1.93. The number of aliphatic imine (C=N–C) groups is 1. The molecule has 1 aliphatic rings. The Morgan fingerprint density at radius 3 is 2.66 bits per heavy atom. The maximum absolute atomic E-state index is 14.3. The van der Waals surface area contributed by atoms with Gasteiger partial charge in [0, 0.05) is 11.3 Å². The SMILES string of the molecule is Cc1c(C(=O)Nc2cc(C3(C)CCSC(N)=N3)ccc2F)cccc1C(F)(F)F. The van der Waals surface area contributed by atoms with E-state index in [1.54, 1.807) is 6.07 Å². The number of anilines is 1. The third-order valence-electron chi connectivity index (χ3n) is 4.92. The number of thioether (sulfide) groups is 1. The Labute approximate surface area is 169 Å². The molecule has 0 aromatic heterocycles. The first kappa shape index (κ1) is 21.2. The summed E-state index contributed by atoms with van der Waals surface area (Å²) in [6, 6.07) is 7.53. The van der Waals surface area contributed by atoms with Gasteiger partial charge in [-0.25, -0.2) is 4.39 Å². The summed E-state index contributed by atoms with van der Waals surface area (Å²) >= 11 is 1.43. The molecule has 1 atom stereocenters. The average molecular weight is 425 g/mol. The van der Waals surface area contributed by atoms with Crippen molar-refractivity contribution in [3.8, 4) is 0 Å². The van der Waals surface area contributed by atoms with Crippen molar-refractivity contribution in [1.29, 1.82) is 0 Å². The molecule has 2 aromatic rings. The fourth-order valence-corrected chi connectivity index (χ4v) is 4.20. The van der Waals surface area contributed by atoms with E-state index < -0.39 is 29.0 Å². The summed E-state index contributed by atoms with van der Waals surface area (Å²) < 4.78 is 53.6. The van der Waals surface area contributed by atoms with Gasteiger partial charge in [0.15, 0.2) is 5.17 Å².